The number of piperidine rings is 1. The van der Waals surface area contributed by atoms with Crippen LogP contribution in [0.15, 0.2) is 16.1 Å². The highest BCUT2D eigenvalue weighted by atomic mass is 16.5. The third-order valence-corrected chi connectivity index (χ3v) is 11.8. The van der Waals surface area contributed by atoms with E-state index in [0.717, 1.165) is 29.6 Å². The minimum Gasteiger partial charge on any atom is -0.369 e. The number of rotatable bonds is 0. The Kier molecular flexibility index (Phi) is 5.23. The molecule has 0 aromatic rings. The van der Waals surface area contributed by atoms with Crippen LogP contribution in [0.4, 0.5) is 0 Å². The van der Waals surface area contributed by atoms with Crippen LogP contribution < -0.4 is 5.32 Å². The van der Waals surface area contributed by atoms with Gasteiger partial charge in [-0.1, -0.05) is 31.9 Å². The predicted molar refractivity (Wildman–Crippen MR) is 132 cm³/mol. The van der Waals surface area contributed by atoms with E-state index < -0.39 is 0 Å². The summed E-state index contributed by atoms with van der Waals surface area (Å²) in [6.07, 6.45) is 13.7. The van der Waals surface area contributed by atoms with Crippen molar-refractivity contribution < 1.29 is 4.74 Å². The maximum absolute atomic E-state index is 7.05. The number of ether oxygens (including phenoxy) is 1. The van der Waals surface area contributed by atoms with Crippen molar-refractivity contribution in [1.82, 2.24) is 5.32 Å². The number of allylic oxidation sites excluding steroid dienone is 1. The molecule has 5 fully saturated rings. The number of aliphatic imine (C=N–C) groups is 1. The molecule has 3 saturated carbocycles. The molecule has 10 atom stereocenters. The van der Waals surface area contributed by atoms with Crippen LogP contribution in [0.1, 0.15) is 91.9 Å². The summed E-state index contributed by atoms with van der Waals surface area (Å²) in [5.74, 6) is 4.92. The third-order valence-electron chi connectivity index (χ3n) is 11.8. The molecule has 0 aromatic carbocycles. The predicted octanol–water partition coefficient (Wildman–Crippen LogP) is 6.18. The van der Waals surface area contributed by atoms with E-state index in [-0.39, 0.29) is 5.60 Å². The highest BCUT2D eigenvalue weighted by Gasteiger charge is 2.59. The monoisotopic (exact) mass is 438 g/mol. The van der Waals surface area contributed by atoms with Crippen molar-refractivity contribution in [3.63, 3.8) is 0 Å². The van der Waals surface area contributed by atoms with Gasteiger partial charge in [0, 0.05) is 24.7 Å². The Bertz CT molecular complexity index is 831. The molecule has 3 heteroatoms. The summed E-state index contributed by atoms with van der Waals surface area (Å²) in [5.41, 5.74) is 5.71. The Morgan fingerprint density at radius 2 is 1.94 bits per heavy atom. The van der Waals surface area contributed by atoms with Crippen LogP contribution in [0.5, 0.6) is 0 Å². The van der Waals surface area contributed by atoms with Gasteiger partial charge in [0.2, 0.25) is 0 Å². The van der Waals surface area contributed by atoms with E-state index in [1.807, 2.05) is 12.6 Å². The van der Waals surface area contributed by atoms with Gasteiger partial charge < -0.3 is 10.1 Å². The van der Waals surface area contributed by atoms with Gasteiger partial charge in [-0.15, -0.1) is 0 Å². The zero-order valence-corrected chi connectivity index (χ0v) is 21.3. The first-order valence-electron chi connectivity index (χ1n) is 13.9. The molecule has 1 spiro atoms. The van der Waals surface area contributed by atoms with Gasteiger partial charge >= 0.3 is 0 Å². The first-order valence-corrected chi connectivity index (χ1v) is 13.9. The topological polar surface area (TPSA) is 33.6 Å². The highest BCUT2D eigenvalue weighted by molar-refractivity contribution is 5.85. The Hall–Kier alpha value is -0.670. The standard InChI is InChI=1S/C29H46N2O/c1-17-12-26-27(31-16-17)19(3)29(32-26)11-9-22-23-7-6-20-13-21(30-5)8-10-28(20,4)25(23)14-24(22)18(2)15-29/h17,19-20,22-23,25-27,31H,6-16H2,1-5H3/t17-,19+,20+,22-,23-,25-,26+,27-,28-,29?/m0/s1. The summed E-state index contributed by atoms with van der Waals surface area (Å²) in [5, 5.41) is 3.88. The lowest BCUT2D eigenvalue weighted by atomic mass is 9.52. The van der Waals surface area contributed by atoms with E-state index in [2.05, 4.69) is 38.0 Å². The summed E-state index contributed by atoms with van der Waals surface area (Å²) in [7, 11) is 2.01. The van der Waals surface area contributed by atoms with Gasteiger partial charge in [0.1, 0.15) is 0 Å². The molecule has 0 radical (unpaired) electrons. The van der Waals surface area contributed by atoms with Crippen molar-refractivity contribution in [2.45, 2.75) is 110 Å². The molecule has 2 heterocycles. The number of nitrogens with one attached hydrogen (secondary N) is 1. The molecule has 1 unspecified atom stereocenters. The fourth-order valence-corrected chi connectivity index (χ4v) is 9.83. The van der Waals surface area contributed by atoms with E-state index in [1.165, 1.54) is 76.5 Å². The minimum absolute atomic E-state index is 0.0851. The van der Waals surface area contributed by atoms with Gasteiger partial charge in [-0.3, -0.25) is 4.99 Å². The second-order valence-corrected chi connectivity index (χ2v) is 13.2. The number of hydrogen-bond donors (Lipinski definition) is 1. The zero-order chi connectivity index (χ0) is 22.3. The van der Waals surface area contributed by atoms with E-state index in [9.17, 15) is 0 Å². The summed E-state index contributed by atoms with van der Waals surface area (Å²) in [6.45, 7) is 11.2. The maximum Gasteiger partial charge on any atom is 0.0765 e. The Labute approximate surface area is 196 Å². The molecule has 4 aliphatic carbocycles. The summed E-state index contributed by atoms with van der Waals surface area (Å²) < 4.78 is 7.05. The highest BCUT2D eigenvalue weighted by Crippen LogP contribution is 2.65. The fraction of sp³-hybridized carbons (Fsp3) is 0.897. The van der Waals surface area contributed by atoms with Gasteiger partial charge in [0.25, 0.3) is 0 Å². The smallest absolute Gasteiger partial charge is 0.0765 e. The Morgan fingerprint density at radius 3 is 2.75 bits per heavy atom. The lowest BCUT2D eigenvalue weighted by Gasteiger charge is -2.53. The van der Waals surface area contributed by atoms with Crippen LogP contribution in [0.2, 0.25) is 0 Å². The molecule has 3 nitrogen and oxygen atoms in total. The fourth-order valence-electron chi connectivity index (χ4n) is 9.83. The first-order chi connectivity index (χ1) is 15.3. The van der Waals surface area contributed by atoms with Crippen molar-refractivity contribution in [1.29, 1.82) is 0 Å². The number of hydrogen-bond acceptors (Lipinski definition) is 3. The summed E-state index contributed by atoms with van der Waals surface area (Å²) in [4.78, 5) is 4.62. The van der Waals surface area contributed by atoms with Crippen LogP contribution in [0.3, 0.4) is 0 Å². The molecule has 2 saturated heterocycles. The number of fused-ring (bicyclic) bond motifs is 6. The largest absolute Gasteiger partial charge is 0.369 e. The average molecular weight is 439 g/mol. The summed E-state index contributed by atoms with van der Waals surface area (Å²) in [6, 6.07) is 0.570. The first kappa shape index (κ1) is 21.8. The van der Waals surface area contributed by atoms with Gasteiger partial charge in [0.15, 0.2) is 0 Å². The van der Waals surface area contributed by atoms with Crippen LogP contribution in [0, 0.1) is 40.9 Å². The zero-order valence-electron chi connectivity index (χ0n) is 21.3. The SMILES string of the molecule is CN=C1CC[C@@]2(C)[C@H](CC[C@H]3[C@@H]4CCC5(CC(C)=C4C[C@@H]32)O[C@@H]2C[C@H](C)CN[C@H]2[C@H]5C)C1. The van der Waals surface area contributed by atoms with Crippen molar-refractivity contribution in [3.8, 4) is 0 Å². The Morgan fingerprint density at radius 1 is 1.09 bits per heavy atom. The minimum atomic E-state index is 0.0851. The Balaban J connectivity index is 1.27. The molecule has 0 amide bonds. The molecular weight excluding hydrogens is 392 g/mol. The second-order valence-electron chi connectivity index (χ2n) is 13.2. The molecule has 1 N–H and O–H groups in total. The molecule has 6 rings (SSSR count). The van der Waals surface area contributed by atoms with Gasteiger partial charge in [-0.25, -0.2) is 0 Å². The lowest BCUT2D eigenvalue weighted by Crippen LogP contribution is -2.48. The van der Waals surface area contributed by atoms with Crippen molar-refractivity contribution in [3.05, 3.63) is 11.1 Å². The molecule has 0 aromatic heterocycles. The van der Waals surface area contributed by atoms with Gasteiger partial charge in [-0.2, -0.15) is 0 Å². The quantitative estimate of drug-likeness (QED) is 0.458. The van der Waals surface area contributed by atoms with Crippen molar-refractivity contribution in [2.75, 3.05) is 13.6 Å². The molecule has 2 aliphatic heterocycles. The van der Waals surface area contributed by atoms with Crippen molar-refractivity contribution >= 4 is 5.71 Å². The molecule has 6 aliphatic rings. The molecule has 178 valence electrons. The van der Waals surface area contributed by atoms with Crippen LogP contribution in [-0.4, -0.2) is 37.1 Å². The molecule has 32 heavy (non-hydrogen) atoms. The van der Waals surface area contributed by atoms with Crippen molar-refractivity contribution in [2.24, 2.45) is 45.9 Å². The van der Waals surface area contributed by atoms with E-state index in [0.29, 0.717) is 23.5 Å². The molecular formula is C29H46N2O. The van der Waals surface area contributed by atoms with Gasteiger partial charge in [0.05, 0.1) is 11.7 Å². The third kappa shape index (κ3) is 3.09. The maximum atomic E-state index is 7.05. The van der Waals surface area contributed by atoms with Crippen LogP contribution in [0.25, 0.3) is 0 Å². The average Bonchev–Trinajstić information content (AvgIpc) is 3.23. The summed E-state index contributed by atoms with van der Waals surface area (Å²) >= 11 is 0. The van der Waals surface area contributed by atoms with E-state index in [4.69, 9.17) is 4.74 Å². The molecule has 0 bridgehead atoms. The van der Waals surface area contributed by atoms with Crippen LogP contribution >= 0.6 is 0 Å². The second kappa shape index (κ2) is 7.67. The lowest BCUT2D eigenvalue weighted by molar-refractivity contribution is -0.0734. The van der Waals surface area contributed by atoms with E-state index >= 15 is 0 Å². The normalized spacial score (nSPS) is 54.2. The van der Waals surface area contributed by atoms with Crippen LogP contribution in [-0.2, 0) is 4.74 Å². The number of nitrogens with zero attached hydrogens (tertiary/aromatic N) is 1. The van der Waals surface area contributed by atoms with E-state index in [1.54, 1.807) is 5.57 Å². The van der Waals surface area contributed by atoms with Gasteiger partial charge in [-0.05, 0) is 113 Å².